The van der Waals surface area contributed by atoms with Crippen LogP contribution >= 0.6 is 15.6 Å². The summed E-state index contributed by atoms with van der Waals surface area (Å²) in [5, 5.41) is 68.3. The van der Waals surface area contributed by atoms with Crippen molar-refractivity contribution in [3.8, 4) is 0 Å². The van der Waals surface area contributed by atoms with E-state index in [1.807, 2.05) is 0 Å². The van der Waals surface area contributed by atoms with Gasteiger partial charge in [0, 0.05) is 19.2 Å². The van der Waals surface area contributed by atoms with Gasteiger partial charge >= 0.3 is 15.6 Å². The van der Waals surface area contributed by atoms with E-state index in [1.165, 1.54) is 6.20 Å². The second-order valence-corrected chi connectivity index (χ2v) is 13.2. The summed E-state index contributed by atoms with van der Waals surface area (Å²) in [7, 11) is -11.2. The largest absolute Gasteiger partial charge is 0.483 e. The molecule has 5 rings (SSSR count). The number of nitrogens with two attached hydrogens (primary N) is 1. The molecule has 0 amide bonds. The van der Waals surface area contributed by atoms with Crippen molar-refractivity contribution in [3.05, 3.63) is 28.6 Å². The number of rotatable bonds is 12. The van der Waals surface area contributed by atoms with Crippen LogP contribution in [-0.2, 0) is 44.9 Å². The van der Waals surface area contributed by atoms with E-state index >= 15 is 0 Å². The number of nitrogens with one attached hydrogen (secondary N) is 1. The van der Waals surface area contributed by atoms with Crippen molar-refractivity contribution >= 4 is 32.8 Å². The lowest BCUT2D eigenvalue weighted by molar-refractivity contribution is -0.278. The molecule has 0 bridgehead atoms. The van der Waals surface area contributed by atoms with Crippen LogP contribution in [0.1, 0.15) is 11.9 Å². The number of hydrogen-bond acceptors (Lipinski definition) is 19. The van der Waals surface area contributed by atoms with E-state index in [0.29, 0.717) is 5.69 Å². The summed E-state index contributed by atoms with van der Waals surface area (Å²) in [5.74, 6) is -0.281. The molecule has 0 aromatic carbocycles. The second-order valence-electron chi connectivity index (χ2n) is 10.2. The summed E-state index contributed by atoms with van der Waals surface area (Å²) < 4.78 is 51.8. The molecular formula is C20H30N8O16P2. The average Bonchev–Trinajstić information content (AvgIpc) is 3.67. The summed E-state index contributed by atoms with van der Waals surface area (Å²) in [6.07, 6.45) is -13.3. The highest BCUT2D eigenvalue weighted by molar-refractivity contribution is 7.61. The maximum Gasteiger partial charge on any atom is 0.483 e. The number of nitrogen functional groups attached to an aromatic ring is 1. The van der Waals surface area contributed by atoms with Gasteiger partial charge < -0.3 is 55.6 Å². The molecule has 2 fully saturated rings. The molecule has 0 aliphatic carbocycles. The molecule has 2 unspecified atom stereocenters. The van der Waals surface area contributed by atoms with Gasteiger partial charge in [0.1, 0.15) is 42.7 Å². The minimum atomic E-state index is -5.65. The lowest BCUT2D eigenvalue weighted by Gasteiger charge is -2.40. The second kappa shape index (κ2) is 13.4. The molecule has 3 aromatic heterocycles. The molecule has 11 atom stereocenters. The molecule has 256 valence electrons. The molecule has 5 heterocycles. The Morgan fingerprint density at radius 3 is 2.43 bits per heavy atom. The lowest BCUT2D eigenvalue weighted by atomic mass is 9.99. The number of phosphoric ester groups is 2. The molecule has 2 aliphatic rings. The Balaban J connectivity index is 1.20. The number of imidazole rings is 1. The van der Waals surface area contributed by atoms with Crippen LogP contribution in [0, 0.1) is 0 Å². The summed E-state index contributed by atoms with van der Waals surface area (Å²) in [4.78, 5) is 42.3. The van der Waals surface area contributed by atoms with E-state index in [4.69, 9.17) is 20.3 Å². The van der Waals surface area contributed by atoms with Crippen LogP contribution in [0.5, 0.6) is 0 Å². The Bertz CT molecular complexity index is 1690. The number of aliphatic hydroxyl groups is 6. The molecule has 0 spiro atoms. The number of H-pyrrole nitrogens is 1. The third-order valence-corrected chi connectivity index (χ3v) is 9.50. The van der Waals surface area contributed by atoms with Crippen molar-refractivity contribution in [1.82, 2.24) is 34.5 Å². The molecular weight excluding hydrogens is 670 g/mol. The third kappa shape index (κ3) is 7.36. The van der Waals surface area contributed by atoms with Crippen molar-refractivity contribution in [2.24, 2.45) is 0 Å². The van der Waals surface area contributed by atoms with Crippen molar-refractivity contribution in [2.45, 2.75) is 68.2 Å². The standard InChI is InChI=1S/C20H30N8O16P2/c21-20-23-16-10(17(35)24-20)22-6-28(16)18-14(33)12(31)9(41-18)5-40-45(36,37)44-46(38,39)43-19-15(34)13(32)11(30)8(42-19)4-27-3-7(1-2-29)25-26-27/h3,6,8-9,11-15,18-19,29-34H,1-2,4-5H2,(H,36,37)(H,38,39)(H3,21,23,24,35)/t8-,9+,11+,12+,13+,14+,15-,18+,19+/m0/s1. The van der Waals surface area contributed by atoms with Crippen LogP contribution in [-0.4, -0.2) is 137 Å². The molecule has 0 radical (unpaired) electrons. The monoisotopic (exact) mass is 700 g/mol. The highest BCUT2D eigenvalue weighted by Crippen LogP contribution is 2.61. The number of aliphatic hydroxyl groups excluding tert-OH is 6. The normalized spacial score (nSPS) is 32.8. The van der Waals surface area contributed by atoms with Crippen LogP contribution in [0.4, 0.5) is 5.95 Å². The van der Waals surface area contributed by atoms with Gasteiger partial charge in [-0.1, -0.05) is 5.21 Å². The zero-order valence-electron chi connectivity index (χ0n) is 23.2. The zero-order valence-corrected chi connectivity index (χ0v) is 25.0. The SMILES string of the molecule is Nc1nc2c(ncn2[C@@H]2O[C@H](COP(=O)(O)OP(=O)(O)O[C@H]3O[C@@H](Cn4cc(CCO)nn4)[C@@H](O)[C@@H](O)[C@@H]3O)[C@@H](O)[C@H]2O)c(=O)[nH]1. The first-order chi connectivity index (χ1) is 21.6. The summed E-state index contributed by atoms with van der Waals surface area (Å²) in [6, 6.07) is 0. The van der Waals surface area contributed by atoms with Gasteiger partial charge in [-0.05, 0) is 0 Å². The maximum atomic E-state index is 12.6. The molecule has 2 aliphatic heterocycles. The lowest BCUT2D eigenvalue weighted by Crippen LogP contribution is -2.58. The van der Waals surface area contributed by atoms with Crippen LogP contribution in [0.25, 0.3) is 11.2 Å². The minimum absolute atomic E-state index is 0.117. The fourth-order valence-electron chi connectivity index (χ4n) is 4.69. The minimum Gasteiger partial charge on any atom is -0.396 e. The molecule has 0 saturated carbocycles. The van der Waals surface area contributed by atoms with Gasteiger partial charge in [-0.15, -0.1) is 5.10 Å². The van der Waals surface area contributed by atoms with Crippen LogP contribution < -0.4 is 11.3 Å². The molecule has 11 N–H and O–H groups in total. The Morgan fingerprint density at radius 1 is 1.00 bits per heavy atom. The van der Waals surface area contributed by atoms with E-state index in [1.54, 1.807) is 0 Å². The number of nitrogens with zero attached hydrogens (tertiary/aromatic N) is 6. The third-order valence-electron chi connectivity index (χ3n) is 6.90. The first-order valence-corrected chi connectivity index (χ1v) is 16.2. The van der Waals surface area contributed by atoms with Gasteiger partial charge in [-0.25, -0.2) is 18.8 Å². The first-order valence-electron chi connectivity index (χ1n) is 13.2. The smallest absolute Gasteiger partial charge is 0.396 e. The van der Waals surface area contributed by atoms with Crippen LogP contribution in [0.15, 0.2) is 17.3 Å². The molecule has 2 saturated heterocycles. The van der Waals surface area contributed by atoms with Crippen LogP contribution in [0.2, 0.25) is 0 Å². The molecule has 3 aromatic rings. The Labute approximate surface area is 255 Å². The number of fused-ring (bicyclic) bond motifs is 1. The van der Waals surface area contributed by atoms with E-state index in [2.05, 4.69) is 38.6 Å². The zero-order chi connectivity index (χ0) is 33.6. The van der Waals surface area contributed by atoms with E-state index in [9.17, 15) is 49.2 Å². The topological polar surface area (TPSA) is 362 Å². The van der Waals surface area contributed by atoms with Gasteiger partial charge in [-0.2, -0.15) is 9.29 Å². The van der Waals surface area contributed by atoms with E-state index in [0.717, 1.165) is 15.6 Å². The fourth-order valence-corrected chi connectivity index (χ4v) is 6.85. The number of ether oxygens (including phenoxy) is 2. The van der Waals surface area contributed by atoms with E-state index in [-0.39, 0.29) is 36.7 Å². The summed E-state index contributed by atoms with van der Waals surface area (Å²) >= 11 is 0. The molecule has 26 heteroatoms. The predicted molar refractivity (Wildman–Crippen MR) is 144 cm³/mol. The number of phosphoric acid groups is 2. The van der Waals surface area contributed by atoms with Crippen molar-refractivity contribution in [2.75, 3.05) is 18.9 Å². The Hall–Kier alpha value is -2.77. The van der Waals surface area contributed by atoms with Crippen LogP contribution in [0.3, 0.4) is 0 Å². The van der Waals surface area contributed by atoms with Gasteiger partial charge in [0.05, 0.1) is 25.2 Å². The predicted octanol–water partition coefficient (Wildman–Crippen LogP) is -4.79. The van der Waals surface area contributed by atoms with Gasteiger partial charge in [0.15, 0.2) is 23.7 Å². The Kier molecular flexibility index (Phi) is 10.1. The van der Waals surface area contributed by atoms with Gasteiger partial charge in [0.25, 0.3) is 5.56 Å². The average molecular weight is 700 g/mol. The number of hydrogen-bond donors (Lipinski definition) is 10. The number of aromatic nitrogens is 7. The van der Waals surface area contributed by atoms with Gasteiger partial charge in [-0.3, -0.25) is 23.4 Å². The van der Waals surface area contributed by atoms with E-state index < -0.39 is 83.1 Å². The van der Waals surface area contributed by atoms with Crippen molar-refractivity contribution in [1.29, 1.82) is 0 Å². The maximum absolute atomic E-state index is 12.6. The molecule has 24 nitrogen and oxygen atoms in total. The highest BCUT2D eigenvalue weighted by atomic mass is 31.3. The van der Waals surface area contributed by atoms with Crippen molar-refractivity contribution < 1.29 is 72.4 Å². The summed E-state index contributed by atoms with van der Waals surface area (Å²) in [5.41, 5.74) is 4.94. The summed E-state index contributed by atoms with van der Waals surface area (Å²) in [6.45, 7) is -1.54. The number of aromatic amines is 1. The van der Waals surface area contributed by atoms with Gasteiger partial charge in [0.2, 0.25) is 5.95 Å². The van der Waals surface area contributed by atoms with Crippen molar-refractivity contribution in [3.63, 3.8) is 0 Å². The molecule has 46 heavy (non-hydrogen) atoms. The quantitative estimate of drug-likeness (QED) is 0.0792. The first kappa shape index (κ1) is 34.6. The number of anilines is 1. The highest BCUT2D eigenvalue weighted by Gasteiger charge is 2.50. The Morgan fingerprint density at radius 2 is 1.72 bits per heavy atom. The fraction of sp³-hybridized carbons (Fsp3) is 0.650.